The van der Waals surface area contributed by atoms with Gasteiger partial charge in [-0.1, -0.05) is 140 Å². The van der Waals surface area contributed by atoms with Crippen LogP contribution < -0.4 is 19.6 Å². The highest BCUT2D eigenvalue weighted by molar-refractivity contribution is 5.93. The largest absolute Gasteiger partial charge is 0.310 e. The van der Waals surface area contributed by atoms with Gasteiger partial charge in [-0.2, -0.15) is 0 Å². The van der Waals surface area contributed by atoms with Gasteiger partial charge in [-0.3, -0.25) is 0 Å². The van der Waals surface area contributed by atoms with Crippen molar-refractivity contribution in [3.05, 3.63) is 291 Å². The van der Waals surface area contributed by atoms with E-state index in [0.717, 1.165) is 68.2 Å². The number of para-hydroxylation sites is 2. The monoisotopic (exact) mass is 894 g/mol. The van der Waals surface area contributed by atoms with Crippen molar-refractivity contribution < 1.29 is 0 Å². The molecular weight excluding hydrogens is 849 g/mol. The SMILES string of the molecule is c1cccc(N(c2ccc(N(c3ccc(N(c4ccccc4)c4ccc5ccccc5c4)cc3)c3ccc(N(c4ccccc4)c4ccc5ccccc5c4)cc3)cc2)c2ccc3ccccc3c2)c#1. The molecule has 0 aliphatic rings. The lowest BCUT2D eigenvalue weighted by Crippen LogP contribution is -2.13. The Morgan fingerprint density at radius 3 is 0.814 bits per heavy atom. The van der Waals surface area contributed by atoms with Crippen LogP contribution in [-0.4, -0.2) is 0 Å². The van der Waals surface area contributed by atoms with Gasteiger partial charge in [-0.25, -0.2) is 0 Å². The van der Waals surface area contributed by atoms with Crippen LogP contribution in [-0.2, 0) is 0 Å². The third-order valence-corrected chi connectivity index (χ3v) is 13.0. The molecule has 0 fully saturated rings. The van der Waals surface area contributed by atoms with Crippen LogP contribution in [0.2, 0.25) is 0 Å². The van der Waals surface area contributed by atoms with E-state index in [-0.39, 0.29) is 0 Å². The second kappa shape index (κ2) is 18.6. The van der Waals surface area contributed by atoms with E-state index in [1.54, 1.807) is 0 Å². The summed E-state index contributed by atoms with van der Waals surface area (Å²) in [5.41, 5.74) is 12.6. The molecule has 0 spiro atoms. The fraction of sp³-hybridized carbons (Fsp3) is 0. The van der Waals surface area contributed by atoms with E-state index < -0.39 is 0 Å². The zero-order valence-corrected chi connectivity index (χ0v) is 38.3. The van der Waals surface area contributed by atoms with E-state index in [0.29, 0.717) is 0 Å². The molecule has 0 saturated carbocycles. The number of anilines is 12. The average molecular weight is 895 g/mol. The molecule has 4 heteroatoms. The first-order valence-electron chi connectivity index (χ1n) is 23.7. The van der Waals surface area contributed by atoms with E-state index >= 15 is 0 Å². The minimum Gasteiger partial charge on any atom is -0.310 e. The van der Waals surface area contributed by atoms with Crippen molar-refractivity contribution in [1.29, 1.82) is 0 Å². The van der Waals surface area contributed by atoms with E-state index in [1.807, 2.05) is 12.1 Å². The molecule has 0 atom stereocenters. The molecular formula is C66H46N4. The Labute approximate surface area is 409 Å². The van der Waals surface area contributed by atoms with Gasteiger partial charge in [0.05, 0.1) is 5.69 Å². The van der Waals surface area contributed by atoms with Gasteiger partial charge >= 0.3 is 0 Å². The van der Waals surface area contributed by atoms with Gasteiger partial charge in [-0.15, -0.1) is 0 Å². The summed E-state index contributed by atoms with van der Waals surface area (Å²) in [4.78, 5) is 9.24. The number of hydrogen-bond donors (Lipinski definition) is 0. The number of rotatable bonds is 12. The first-order chi connectivity index (χ1) is 34.7. The zero-order chi connectivity index (χ0) is 46.6. The second-order valence-electron chi connectivity index (χ2n) is 17.3. The van der Waals surface area contributed by atoms with Crippen molar-refractivity contribution >= 4 is 101 Å². The summed E-state index contributed by atoms with van der Waals surface area (Å²) in [5.74, 6) is 0. The van der Waals surface area contributed by atoms with Gasteiger partial charge in [0.2, 0.25) is 0 Å². The molecule has 0 N–H and O–H groups in total. The Kier molecular flexibility index (Phi) is 11.1. The molecule has 330 valence electrons. The molecule has 12 aromatic rings. The predicted octanol–water partition coefficient (Wildman–Crippen LogP) is 18.6. The molecule has 0 aromatic heterocycles. The summed E-state index contributed by atoms with van der Waals surface area (Å²) in [6.07, 6.45) is 0. The van der Waals surface area contributed by atoms with Crippen LogP contribution >= 0.6 is 0 Å². The summed E-state index contributed by atoms with van der Waals surface area (Å²) >= 11 is 0. The van der Waals surface area contributed by atoms with Gasteiger partial charge in [0.25, 0.3) is 0 Å². The summed E-state index contributed by atoms with van der Waals surface area (Å²) in [6.45, 7) is 0. The van der Waals surface area contributed by atoms with Gasteiger partial charge in [0, 0.05) is 62.6 Å². The average Bonchev–Trinajstić information content (AvgIpc) is 3.43. The second-order valence-corrected chi connectivity index (χ2v) is 17.3. The van der Waals surface area contributed by atoms with Crippen molar-refractivity contribution in [2.45, 2.75) is 0 Å². The number of nitrogens with zero attached hydrogens (tertiary/aromatic N) is 4. The van der Waals surface area contributed by atoms with Crippen molar-refractivity contribution in [1.82, 2.24) is 0 Å². The Balaban J connectivity index is 0.961. The molecule has 4 nitrogen and oxygen atoms in total. The van der Waals surface area contributed by atoms with Crippen LogP contribution in [0.15, 0.2) is 279 Å². The van der Waals surface area contributed by atoms with Gasteiger partial charge in [0.1, 0.15) is 0 Å². The Hall–Kier alpha value is -9.56. The minimum absolute atomic E-state index is 0.914. The molecule has 0 saturated heterocycles. The highest BCUT2D eigenvalue weighted by atomic mass is 15.2. The first kappa shape index (κ1) is 41.8. The summed E-state index contributed by atoms with van der Waals surface area (Å²) < 4.78 is 0. The molecule has 70 heavy (non-hydrogen) atoms. The molecule has 0 heterocycles. The van der Waals surface area contributed by atoms with Crippen LogP contribution in [0.4, 0.5) is 68.2 Å². The molecule has 0 aliphatic heterocycles. The third kappa shape index (κ3) is 8.30. The Bertz CT molecular complexity index is 3310. The summed E-state index contributed by atoms with van der Waals surface area (Å²) in [6, 6.07) is 106. The van der Waals surface area contributed by atoms with Crippen LogP contribution in [0.1, 0.15) is 0 Å². The number of benzene rings is 11. The number of hydrogen-bond acceptors (Lipinski definition) is 4. The van der Waals surface area contributed by atoms with Crippen molar-refractivity contribution in [2.75, 3.05) is 19.6 Å². The molecule has 0 unspecified atom stereocenters. The third-order valence-electron chi connectivity index (χ3n) is 13.0. The highest BCUT2D eigenvalue weighted by Gasteiger charge is 2.20. The van der Waals surface area contributed by atoms with Crippen LogP contribution in [0, 0.1) is 12.1 Å². The normalized spacial score (nSPS) is 11.0. The maximum atomic E-state index is 3.38. The fourth-order valence-corrected chi connectivity index (χ4v) is 9.60. The molecule has 0 bridgehead atoms. The molecule has 12 rings (SSSR count). The van der Waals surface area contributed by atoms with Gasteiger partial charge < -0.3 is 19.6 Å². The van der Waals surface area contributed by atoms with Crippen molar-refractivity contribution in [3.63, 3.8) is 0 Å². The minimum atomic E-state index is 0.914. The van der Waals surface area contributed by atoms with Crippen molar-refractivity contribution in [3.8, 4) is 0 Å². The van der Waals surface area contributed by atoms with E-state index in [1.165, 1.54) is 32.3 Å². The molecule has 0 aliphatic carbocycles. The lowest BCUT2D eigenvalue weighted by Gasteiger charge is -2.30. The quantitative estimate of drug-likeness (QED) is 0.121. The molecule has 12 aromatic carbocycles. The van der Waals surface area contributed by atoms with Gasteiger partial charge in [-0.05, 0) is 184 Å². The van der Waals surface area contributed by atoms with Crippen molar-refractivity contribution in [2.24, 2.45) is 0 Å². The summed E-state index contributed by atoms with van der Waals surface area (Å²) in [5, 5.41) is 7.21. The van der Waals surface area contributed by atoms with E-state index in [2.05, 4.69) is 299 Å². The van der Waals surface area contributed by atoms with Crippen LogP contribution in [0.25, 0.3) is 32.3 Å². The summed E-state index contributed by atoms with van der Waals surface area (Å²) in [7, 11) is 0. The Morgan fingerprint density at radius 1 is 0.200 bits per heavy atom. The highest BCUT2D eigenvalue weighted by Crippen LogP contribution is 2.43. The topological polar surface area (TPSA) is 13.0 Å². The van der Waals surface area contributed by atoms with Gasteiger partial charge in [0.15, 0.2) is 0 Å². The lowest BCUT2D eigenvalue weighted by atomic mass is 10.1. The Morgan fingerprint density at radius 2 is 0.471 bits per heavy atom. The molecule has 0 amide bonds. The predicted molar refractivity (Wildman–Crippen MR) is 295 cm³/mol. The maximum Gasteiger partial charge on any atom is 0.0973 e. The van der Waals surface area contributed by atoms with E-state index in [4.69, 9.17) is 0 Å². The van der Waals surface area contributed by atoms with Crippen LogP contribution in [0.5, 0.6) is 0 Å². The molecule has 0 radical (unpaired) electrons. The smallest absolute Gasteiger partial charge is 0.0973 e. The maximum absolute atomic E-state index is 3.38. The fourth-order valence-electron chi connectivity index (χ4n) is 9.60. The van der Waals surface area contributed by atoms with E-state index in [9.17, 15) is 0 Å². The van der Waals surface area contributed by atoms with Crippen LogP contribution in [0.3, 0.4) is 0 Å². The number of fused-ring (bicyclic) bond motifs is 3. The first-order valence-corrected chi connectivity index (χ1v) is 23.7. The standard InChI is InChI=1S/C66H46N4/c1-4-22-55(23-5-1)68(64-31-28-49-16-10-13-19-52(49)46-64)61-40-34-58(35-41-61)67(59-36-42-62(43-37-59)69(56-24-6-2-7-25-56)65-32-29-50-17-11-14-20-53(50)47-65)60-38-44-63(45-39-60)70(57-26-8-3-9-27-57)66-33-30-51-18-12-15-21-54(51)48-66/h1-8,10-26,28-48H. The lowest BCUT2D eigenvalue weighted by molar-refractivity contribution is 1.24. The zero-order valence-electron chi connectivity index (χ0n) is 38.3.